The highest BCUT2D eigenvalue weighted by Gasteiger charge is 2.12. The van der Waals surface area contributed by atoms with E-state index in [1.165, 1.54) is 24.5 Å². The van der Waals surface area contributed by atoms with Gasteiger partial charge in [0.1, 0.15) is 10.8 Å². The molecule has 0 saturated heterocycles. The molecule has 5 heteroatoms. The summed E-state index contributed by atoms with van der Waals surface area (Å²) in [5, 5.41) is 9.16. The fourth-order valence-corrected chi connectivity index (χ4v) is 1.71. The van der Waals surface area contributed by atoms with Gasteiger partial charge in [0.25, 0.3) is 5.56 Å². The Balaban J connectivity index is 2.84. The molecule has 0 aromatic carbocycles. The normalized spacial score (nSPS) is 13.9. The zero-order chi connectivity index (χ0) is 15.1. The van der Waals surface area contributed by atoms with Gasteiger partial charge < -0.3 is 5.11 Å². The summed E-state index contributed by atoms with van der Waals surface area (Å²) in [6.45, 7) is -0.846. The number of nitrogens with zero attached hydrogens (tertiary/aromatic N) is 2. The van der Waals surface area contributed by atoms with E-state index in [2.05, 4.69) is 4.98 Å². The molecule has 0 aliphatic rings. The Bertz CT molecular complexity index is 726. The standard InChI is InChI=1S/C12H11ClN2O2/c1-7-6-14-4-3-9(7)15-8(2)5-10(16)11(13)12(15)17/h3-6,16H,1-2H3/i1D3. The van der Waals surface area contributed by atoms with Crippen LogP contribution in [0, 0.1) is 13.8 Å². The minimum atomic E-state index is -2.42. The van der Waals surface area contributed by atoms with Crippen molar-refractivity contribution in [2.45, 2.75) is 13.8 Å². The highest BCUT2D eigenvalue weighted by Crippen LogP contribution is 2.22. The van der Waals surface area contributed by atoms with Gasteiger partial charge in [-0.2, -0.15) is 0 Å². The lowest BCUT2D eigenvalue weighted by Crippen LogP contribution is -2.21. The molecule has 1 N–H and O–H groups in total. The molecule has 88 valence electrons. The molecule has 2 aromatic rings. The molecule has 0 amide bonds. The zero-order valence-electron chi connectivity index (χ0n) is 11.9. The van der Waals surface area contributed by atoms with Crippen LogP contribution in [0.1, 0.15) is 15.4 Å². The average Bonchev–Trinajstić information content (AvgIpc) is 2.35. The van der Waals surface area contributed by atoms with Gasteiger partial charge in [-0.05, 0) is 25.4 Å². The number of aryl methyl sites for hydroxylation is 2. The second-order valence-electron chi connectivity index (χ2n) is 3.52. The van der Waals surface area contributed by atoms with E-state index in [9.17, 15) is 9.90 Å². The number of hydrogen-bond acceptors (Lipinski definition) is 3. The highest BCUT2D eigenvalue weighted by atomic mass is 35.5. The number of aromatic hydroxyl groups is 1. The van der Waals surface area contributed by atoms with Crippen LogP contribution in [0.3, 0.4) is 0 Å². The maximum absolute atomic E-state index is 12.2. The molecule has 0 aliphatic heterocycles. The number of halogens is 1. The lowest BCUT2D eigenvalue weighted by atomic mass is 10.2. The van der Waals surface area contributed by atoms with Crippen LogP contribution in [0.25, 0.3) is 5.69 Å². The average molecular weight is 254 g/mol. The minimum Gasteiger partial charge on any atom is -0.506 e. The fraction of sp³-hybridized carbons (Fsp3) is 0.167. The molecule has 0 spiro atoms. The number of pyridine rings is 2. The van der Waals surface area contributed by atoms with Crippen LogP contribution in [0.5, 0.6) is 5.75 Å². The van der Waals surface area contributed by atoms with E-state index >= 15 is 0 Å². The van der Waals surface area contributed by atoms with Crippen molar-refractivity contribution in [3.05, 3.63) is 51.2 Å². The first-order valence-corrected chi connectivity index (χ1v) is 5.17. The van der Waals surface area contributed by atoms with Crippen LogP contribution < -0.4 is 5.56 Å². The van der Waals surface area contributed by atoms with Gasteiger partial charge in [-0.25, -0.2) is 0 Å². The summed E-state index contributed by atoms with van der Waals surface area (Å²) >= 11 is 5.73. The van der Waals surface area contributed by atoms with E-state index < -0.39 is 12.4 Å². The largest absolute Gasteiger partial charge is 0.506 e. The van der Waals surface area contributed by atoms with E-state index in [0.717, 1.165) is 4.57 Å². The Morgan fingerprint density at radius 1 is 1.59 bits per heavy atom. The maximum atomic E-state index is 12.2. The van der Waals surface area contributed by atoms with Crippen LogP contribution in [0.15, 0.2) is 29.3 Å². The van der Waals surface area contributed by atoms with E-state index in [-0.39, 0.29) is 22.0 Å². The van der Waals surface area contributed by atoms with Crippen molar-refractivity contribution in [2.75, 3.05) is 0 Å². The van der Waals surface area contributed by atoms with Crippen LogP contribution >= 0.6 is 11.6 Å². The van der Waals surface area contributed by atoms with Gasteiger partial charge in [-0.3, -0.25) is 14.3 Å². The van der Waals surface area contributed by atoms with Gasteiger partial charge >= 0.3 is 0 Å². The summed E-state index contributed by atoms with van der Waals surface area (Å²) in [5.41, 5.74) is -0.203. The summed E-state index contributed by atoms with van der Waals surface area (Å²) in [6, 6.07) is 2.72. The SMILES string of the molecule is [2H]C([2H])([2H])c1cnccc1-n1c(C)cc(O)c(Cl)c1=O. The smallest absolute Gasteiger partial charge is 0.277 e. The summed E-state index contributed by atoms with van der Waals surface area (Å²) in [4.78, 5) is 15.9. The molecule has 0 unspecified atom stereocenters. The van der Waals surface area contributed by atoms with Crippen LogP contribution in [0.4, 0.5) is 0 Å². The number of rotatable bonds is 1. The van der Waals surface area contributed by atoms with Crippen molar-refractivity contribution in [1.29, 1.82) is 0 Å². The third kappa shape index (κ3) is 1.91. The molecule has 0 bridgehead atoms. The minimum absolute atomic E-state index is 0.0630. The zero-order valence-corrected chi connectivity index (χ0v) is 9.69. The predicted octanol–water partition coefficient (Wildman–Crippen LogP) is 2.21. The topological polar surface area (TPSA) is 55.1 Å². The van der Waals surface area contributed by atoms with Gasteiger partial charge in [0.2, 0.25) is 0 Å². The molecule has 2 heterocycles. The first-order valence-electron chi connectivity index (χ1n) is 6.29. The molecular formula is C12H11ClN2O2. The summed E-state index contributed by atoms with van der Waals surface area (Å²) < 4.78 is 23.6. The number of aromatic nitrogens is 2. The van der Waals surface area contributed by atoms with Gasteiger partial charge in [0.15, 0.2) is 0 Å². The van der Waals surface area contributed by atoms with E-state index in [0.29, 0.717) is 5.69 Å². The van der Waals surface area contributed by atoms with Gasteiger partial charge in [-0.15, -0.1) is 0 Å². The van der Waals surface area contributed by atoms with Crippen molar-refractivity contribution in [3.63, 3.8) is 0 Å². The molecule has 4 nitrogen and oxygen atoms in total. The third-order valence-electron chi connectivity index (χ3n) is 2.35. The summed E-state index contributed by atoms with van der Waals surface area (Å²) in [5.74, 6) is -0.338. The second kappa shape index (κ2) is 4.22. The molecule has 0 radical (unpaired) electrons. The Labute approximate surface area is 107 Å². The van der Waals surface area contributed by atoms with E-state index in [1.54, 1.807) is 6.92 Å². The van der Waals surface area contributed by atoms with Gasteiger partial charge in [0, 0.05) is 28.3 Å². The third-order valence-corrected chi connectivity index (χ3v) is 2.71. The summed E-state index contributed by atoms with van der Waals surface area (Å²) in [6.07, 6.45) is 2.58. The van der Waals surface area contributed by atoms with Crippen molar-refractivity contribution >= 4 is 11.6 Å². The van der Waals surface area contributed by atoms with Crippen molar-refractivity contribution in [1.82, 2.24) is 9.55 Å². The van der Waals surface area contributed by atoms with Crippen LogP contribution in [0.2, 0.25) is 5.02 Å². The molecule has 2 aromatic heterocycles. The van der Waals surface area contributed by atoms with Crippen molar-refractivity contribution in [2.24, 2.45) is 0 Å². The van der Waals surface area contributed by atoms with E-state index in [4.69, 9.17) is 15.7 Å². The van der Waals surface area contributed by atoms with E-state index in [1.807, 2.05) is 0 Å². The lowest BCUT2D eigenvalue weighted by molar-refractivity contribution is 0.472. The molecule has 17 heavy (non-hydrogen) atoms. The Morgan fingerprint density at radius 3 is 3.06 bits per heavy atom. The monoisotopic (exact) mass is 253 g/mol. The van der Waals surface area contributed by atoms with Crippen molar-refractivity contribution in [3.8, 4) is 11.4 Å². The van der Waals surface area contributed by atoms with Gasteiger partial charge in [0.05, 0.1) is 5.69 Å². The Hall–Kier alpha value is -1.81. The van der Waals surface area contributed by atoms with Crippen molar-refractivity contribution < 1.29 is 9.22 Å². The predicted molar refractivity (Wildman–Crippen MR) is 66.0 cm³/mol. The lowest BCUT2D eigenvalue weighted by Gasteiger charge is -2.13. The maximum Gasteiger partial charge on any atom is 0.277 e. The summed E-state index contributed by atoms with van der Waals surface area (Å²) in [7, 11) is 0. The number of hydrogen-bond donors (Lipinski definition) is 1. The Morgan fingerprint density at radius 2 is 2.35 bits per heavy atom. The fourth-order valence-electron chi connectivity index (χ4n) is 1.58. The molecule has 0 aliphatic carbocycles. The Kier molecular flexibility index (Phi) is 2.06. The van der Waals surface area contributed by atoms with Gasteiger partial charge in [-0.1, -0.05) is 11.6 Å². The highest BCUT2D eigenvalue weighted by molar-refractivity contribution is 6.31. The molecule has 0 atom stereocenters. The van der Waals surface area contributed by atoms with Crippen LogP contribution in [-0.2, 0) is 0 Å². The first kappa shape index (κ1) is 8.31. The quantitative estimate of drug-likeness (QED) is 0.848. The molecule has 2 rings (SSSR count). The first-order chi connectivity index (χ1) is 9.23. The second-order valence-corrected chi connectivity index (χ2v) is 3.90. The molecule has 0 saturated carbocycles. The van der Waals surface area contributed by atoms with Crippen LogP contribution in [-0.4, -0.2) is 14.7 Å². The molecule has 0 fully saturated rings. The molecular weight excluding hydrogens is 240 g/mol.